The lowest BCUT2D eigenvalue weighted by Gasteiger charge is -2.25. The number of carboxylic acid groups (broad SMARTS) is 1. The molecule has 0 saturated carbocycles. The van der Waals surface area contributed by atoms with Crippen molar-refractivity contribution in [3.05, 3.63) is 60.8 Å². The van der Waals surface area contributed by atoms with Gasteiger partial charge in [-0.1, -0.05) is 107 Å². The first-order valence-corrected chi connectivity index (χ1v) is 19.0. The third-order valence-corrected chi connectivity index (χ3v) is 7.52. The second kappa shape index (κ2) is 33.2. The molecular formula is C41H70NO8+. The number of unbranched alkanes of at least 4 members (excludes halogenated alkanes) is 8. The summed E-state index contributed by atoms with van der Waals surface area (Å²) in [5, 5.41) is 9.57. The van der Waals surface area contributed by atoms with Crippen LogP contribution in [0, 0.1) is 0 Å². The summed E-state index contributed by atoms with van der Waals surface area (Å²) in [4.78, 5) is 36.8. The van der Waals surface area contributed by atoms with Gasteiger partial charge in [-0.3, -0.25) is 9.59 Å². The molecule has 0 saturated heterocycles. The Morgan fingerprint density at radius 1 is 0.620 bits per heavy atom. The van der Waals surface area contributed by atoms with Gasteiger partial charge < -0.3 is 28.5 Å². The summed E-state index contributed by atoms with van der Waals surface area (Å²) in [6.07, 6.45) is 34.4. The van der Waals surface area contributed by atoms with Crippen molar-refractivity contribution in [1.82, 2.24) is 0 Å². The largest absolute Gasteiger partial charge is 0.477 e. The molecule has 50 heavy (non-hydrogen) atoms. The fourth-order valence-electron chi connectivity index (χ4n) is 4.55. The van der Waals surface area contributed by atoms with E-state index in [4.69, 9.17) is 18.9 Å². The highest BCUT2D eigenvalue weighted by atomic mass is 16.7. The van der Waals surface area contributed by atoms with Crippen LogP contribution in [0.15, 0.2) is 60.8 Å². The number of hydrogen-bond donors (Lipinski definition) is 1. The molecule has 9 heteroatoms. The quantitative estimate of drug-likeness (QED) is 0.0237. The van der Waals surface area contributed by atoms with E-state index in [1.165, 1.54) is 25.7 Å². The lowest BCUT2D eigenvalue weighted by atomic mass is 10.1. The van der Waals surface area contributed by atoms with Crippen molar-refractivity contribution in [2.45, 2.75) is 135 Å². The monoisotopic (exact) mass is 705 g/mol. The van der Waals surface area contributed by atoms with Crippen LogP contribution in [0.25, 0.3) is 0 Å². The van der Waals surface area contributed by atoms with Crippen LogP contribution >= 0.6 is 0 Å². The van der Waals surface area contributed by atoms with E-state index in [1.807, 2.05) is 33.3 Å². The smallest absolute Gasteiger partial charge is 0.361 e. The summed E-state index contributed by atoms with van der Waals surface area (Å²) in [5.74, 6) is -2.14. The van der Waals surface area contributed by atoms with Crippen molar-refractivity contribution in [2.24, 2.45) is 0 Å². The van der Waals surface area contributed by atoms with Gasteiger partial charge in [-0.2, -0.15) is 0 Å². The molecule has 0 amide bonds. The van der Waals surface area contributed by atoms with Crippen molar-refractivity contribution >= 4 is 17.9 Å². The van der Waals surface area contributed by atoms with Gasteiger partial charge in [0.05, 0.1) is 34.4 Å². The number of carboxylic acids is 1. The van der Waals surface area contributed by atoms with Crippen LogP contribution in [0.1, 0.15) is 123 Å². The molecule has 0 bridgehead atoms. The molecule has 0 aromatic heterocycles. The number of quaternary nitrogens is 1. The van der Waals surface area contributed by atoms with Gasteiger partial charge in [0, 0.05) is 12.8 Å². The second-order valence-electron chi connectivity index (χ2n) is 13.5. The molecule has 1 N–H and O–H groups in total. The number of allylic oxidation sites excluding steroid dienone is 10. The van der Waals surface area contributed by atoms with Gasteiger partial charge in [0.25, 0.3) is 6.29 Å². The summed E-state index contributed by atoms with van der Waals surface area (Å²) in [7, 11) is 5.91. The van der Waals surface area contributed by atoms with Crippen molar-refractivity contribution in [3.8, 4) is 0 Å². The zero-order valence-electron chi connectivity index (χ0n) is 32.0. The first kappa shape index (κ1) is 47.0. The van der Waals surface area contributed by atoms with Crippen molar-refractivity contribution in [2.75, 3.05) is 47.5 Å². The summed E-state index contributed by atoms with van der Waals surface area (Å²) in [5.41, 5.74) is 0. The Hall–Kier alpha value is -3.01. The molecule has 0 aromatic rings. The van der Waals surface area contributed by atoms with E-state index < -0.39 is 24.3 Å². The number of carbonyl (C=O) groups is 3. The minimum Gasteiger partial charge on any atom is -0.477 e. The van der Waals surface area contributed by atoms with Crippen LogP contribution in [0.3, 0.4) is 0 Å². The normalized spacial score (nSPS) is 13.7. The Bertz CT molecular complexity index is 1010. The van der Waals surface area contributed by atoms with E-state index in [2.05, 4.69) is 62.5 Å². The fraction of sp³-hybridized carbons (Fsp3) is 0.683. The van der Waals surface area contributed by atoms with Crippen molar-refractivity contribution in [1.29, 1.82) is 0 Å². The predicted molar refractivity (Wildman–Crippen MR) is 203 cm³/mol. The average Bonchev–Trinajstić information content (AvgIpc) is 3.06. The molecule has 0 fully saturated rings. The fourth-order valence-corrected chi connectivity index (χ4v) is 4.55. The highest BCUT2D eigenvalue weighted by Gasteiger charge is 2.25. The predicted octanol–water partition coefficient (Wildman–Crippen LogP) is 9.04. The standard InChI is InChI=1S/C41H69NO8/c1-6-8-10-12-14-16-18-20-22-24-26-28-30-32-39(44)50-37(36-49-41(40(45)46)47-34-33-42(3,4)5)35-48-38(43)31-29-27-25-23-21-19-17-15-13-11-9-7-2/h8,10,14-17,20,22,26,28,37,41H,6-7,9,11-13,18-19,21,23-25,27,29-36H2,1-5H3/p+1/b10-8-,16-14-,17-15-,22-20-,28-26-. The van der Waals surface area contributed by atoms with E-state index in [-0.39, 0.29) is 38.6 Å². The van der Waals surface area contributed by atoms with E-state index in [1.54, 1.807) is 0 Å². The first-order chi connectivity index (χ1) is 24.1. The third-order valence-electron chi connectivity index (χ3n) is 7.52. The maximum absolute atomic E-state index is 12.6. The maximum atomic E-state index is 12.6. The van der Waals surface area contributed by atoms with E-state index in [9.17, 15) is 19.5 Å². The zero-order valence-corrected chi connectivity index (χ0v) is 32.0. The Kier molecular flexibility index (Phi) is 31.2. The Balaban J connectivity index is 4.69. The van der Waals surface area contributed by atoms with Gasteiger partial charge in [0.1, 0.15) is 13.2 Å². The van der Waals surface area contributed by atoms with E-state index in [0.29, 0.717) is 17.4 Å². The summed E-state index contributed by atoms with van der Waals surface area (Å²) in [6, 6.07) is 0. The molecule has 9 nitrogen and oxygen atoms in total. The molecule has 0 heterocycles. The number of likely N-dealkylation sites (N-methyl/N-ethyl adjacent to an activating group) is 1. The second-order valence-corrected chi connectivity index (χ2v) is 13.5. The number of carbonyl (C=O) groups excluding carboxylic acids is 2. The number of rotatable bonds is 33. The Morgan fingerprint density at radius 2 is 1.18 bits per heavy atom. The van der Waals surface area contributed by atoms with Crippen LogP contribution in [-0.2, 0) is 33.3 Å². The highest BCUT2D eigenvalue weighted by molar-refractivity contribution is 5.71. The molecule has 0 aliphatic rings. The van der Waals surface area contributed by atoms with Gasteiger partial charge in [-0.15, -0.1) is 0 Å². The molecule has 2 unspecified atom stereocenters. The number of nitrogens with zero attached hydrogens (tertiary/aromatic N) is 1. The highest BCUT2D eigenvalue weighted by Crippen LogP contribution is 2.11. The van der Waals surface area contributed by atoms with Crippen LogP contribution in [0.2, 0.25) is 0 Å². The lowest BCUT2D eigenvalue weighted by Crippen LogP contribution is -2.40. The lowest BCUT2D eigenvalue weighted by molar-refractivity contribution is -0.870. The van der Waals surface area contributed by atoms with Gasteiger partial charge in [0.15, 0.2) is 6.10 Å². The average molecular weight is 705 g/mol. The van der Waals surface area contributed by atoms with Crippen LogP contribution < -0.4 is 0 Å². The van der Waals surface area contributed by atoms with Gasteiger partial charge in [0.2, 0.25) is 0 Å². The SMILES string of the molecule is CC/C=C\C/C=C\C/C=C\C/C=C\CCC(=O)OC(COC(=O)CCCCCCC/C=C\CCCCC)COC(OCC[N+](C)(C)C)C(=O)O. The molecule has 286 valence electrons. The van der Waals surface area contributed by atoms with Crippen LogP contribution in [0.4, 0.5) is 0 Å². The minimum absolute atomic E-state index is 0.135. The molecule has 2 atom stereocenters. The van der Waals surface area contributed by atoms with Gasteiger partial charge in [-0.25, -0.2) is 4.79 Å². The van der Waals surface area contributed by atoms with Crippen LogP contribution in [0.5, 0.6) is 0 Å². The summed E-state index contributed by atoms with van der Waals surface area (Å²) >= 11 is 0. The molecule has 0 radical (unpaired) electrons. The summed E-state index contributed by atoms with van der Waals surface area (Å²) < 4.78 is 22.5. The molecule has 0 aromatic carbocycles. The maximum Gasteiger partial charge on any atom is 0.361 e. The molecule has 0 rings (SSSR count). The van der Waals surface area contributed by atoms with Crippen molar-refractivity contribution < 1.29 is 42.9 Å². The van der Waals surface area contributed by atoms with E-state index in [0.717, 1.165) is 64.2 Å². The van der Waals surface area contributed by atoms with Crippen molar-refractivity contribution in [3.63, 3.8) is 0 Å². The molecule has 0 spiro atoms. The Labute approximate surface area is 304 Å². The number of ether oxygens (including phenoxy) is 4. The van der Waals surface area contributed by atoms with E-state index >= 15 is 0 Å². The number of esters is 2. The minimum atomic E-state index is -1.53. The van der Waals surface area contributed by atoms with Crippen LogP contribution in [-0.4, -0.2) is 87.4 Å². The number of hydrogen-bond acceptors (Lipinski definition) is 7. The third kappa shape index (κ3) is 33.5. The topological polar surface area (TPSA) is 108 Å². The molecular weight excluding hydrogens is 634 g/mol. The van der Waals surface area contributed by atoms with Gasteiger partial charge in [-0.05, 0) is 64.2 Å². The first-order valence-electron chi connectivity index (χ1n) is 19.0. The summed E-state index contributed by atoms with van der Waals surface area (Å²) in [6.45, 7) is 4.59. The molecule has 0 aliphatic carbocycles. The molecule has 0 aliphatic heterocycles. The zero-order chi connectivity index (χ0) is 37.1. The van der Waals surface area contributed by atoms with Gasteiger partial charge >= 0.3 is 17.9 Å². The Morgan fingerprint density at radius 3 is 1.78 bits per heavy atom. The number of aliphatic carboxylic acids is 1.